The first-order valence-corrected chi connectivity index (χ1v) is 9.36. The van der Waals surface area contributed by atoms with E-state index in [-0.39, 0.29) is 23.7 Å². The molecule has 1 aromatic rings. The van der Waals surface area contributed by atoms with Gasteiger partial charge in [0, 0.05) is 23.8 Å². The van der Waals surface area contributed by atoms with Crippen LogP contribution in [0.4, 0.5) is 13.2 Å². The first kappa shape index (κ1) is 19.1. The zero-order valence-electron chi connectivity index (χ0n) is 15.6. The second-order valence-corrected chi connectivity index (χ2v) is 8.24. The molecule has 0 saturated carbocycles. The number of unbranched alkanes of at least 4 members (excludes halogenated alkanes) is 1. The van der Waals surface area contributed by atoms with Crippen molar-refractivity contribution in [3.63, 3.8) is 0 Å². The molecular weight excluding hydrogens is 341 g/mol. The Morgan fingerprint density at radius 1 is 1.23 bits per heavy atom. The smallest absolute Gasteiger partial charge is 0.389 e. The highest BCUT2D eigenvalue weighted by Crippen LogP contribution is 2.53. The van der Waals surface area contributed by atoms with Crippen LogP contribution in [0.5, 0.6) is 11.5 Å². The fourth-order valence-electron chi connectivity index (χ4n) is 4.38. The van der Waals surface area contributed by atoms with Gasteiger partial charge in [0.1, 0.15) is 17.1 Å². The number of alkyl halides is 3. The SMILES string of the molecule is CC1=C[C@H]2c3c(O)cc(CCCCC(F)(F)F)cc3OC(C)(C)[C@@H]2CC1. The van der Waals surface area contributed by atoms with Crippen LogP contribution >= 0.6 is 0 Å². The molecule has 0 unspecified atom stereocenters. The van der Waals surface area contributed by atoms with Crippen LogP contribution in [0, 0.1) is 5.92 Å². The Labute approximate surface area is 153 Å². The zero-order valence-corrected chi connectivity index (χ0v) is 15.6. The molecular formula is C21H27F3O2. The molecule has 3 rings (SSSR count). The van der Waals surface area contributed by atoms with Gasteiger partial charge in [-0.3, -0.25) is 0 Å². The molecule has 0 spiro atoms. The van der Waals surface area contributed by atoms with Crippen molar-refractivity contribution in [2.45, 2.75) is 77.0 Å². The second kappa shape index (κ2) is 6.82. The number of ether oxygens (including phenoxy) is 1. The maximum Gasteiger partial charge on any atom is 0.389 e. The predicted molar refractivity (Wildman–Crippen MR) is 95.6 cm³/mol. The maximum absolute atomic E-state index is 12.3. The topological polar surface area (TPSA) is 29.5 Å². The molecule has 5 heteroatoms. The number of allylic oxidation sites excluding steroid dienone is 2. The molecule has 2 nitrogen and oxygen atoms in total. The number of hydrogen-bond acceptors (Lipinski definition) is 2. The Morgan fingerprint density at radius 2 is 1.96 bits per heavy atom. The summed E-state index contributed by atoms with van der Waals surface area (Å²) >= 11 is 0. The summed E-state index contributed by atoms with van der Waals surface area (Å²) in [6.07, 6.45) is 0.474. The van der Waals surface area contributed by atoms with Crippen LogP contribution in [0.1, 0.15) is 69.9 Å². The van der Waals surface area contributed by atoms with Crippen molar-refractivity contribution in [3.8, 4) is 11.5 Å². The maximum atomic E-state index is 12.3. The van der Waals surface area contributed by atoms with Crippen LogP contribution in [0.15, 0.2) is 23.8 Å². The molecule has 0 bridgehead atoms. The van der Waals surface area contributed by atoms with Gasteiger partial charge >= 0.3 is 6.18 Å². The van der Waals surface area contributed by atoms with E-state index in [1.54, 1.807) is 6.07 Å². The van der Waals surface area contributed by atoms with Crippen LogP contribution in [-0.4, -0.2) is 16.9 Å². The van der Waals surface area contributed by atoms with Crippen LogP contribution < -0.4 is 4.74 Å². The van der Waals surface area contributed by atoms with E-state index in [4.69, 9.17) is 4.74 Å². The third kappa shape index (κ3) is 4.02. The van der Waals surface area contributed by atoms with Crippen LogP contribution in [0.25, 0.3) is 0 Å². The molecule has 0 saturated heterocycles. The molecule has 2 aliphatic rings. The number of benzene rings is 1. The number of aryl methyl sites for hydroxylation is 1. The van der Waals surface area contributed by atoms with Gasteiger partial charge < -0.3 is 9.84 Å². The van der Waals surface area contributed by atoms with Gasteiger partial charge in [0.25, 0.3) is 0 Å². The summed E-state index contributed by atoms with van der Waals surface area (Å²) in [5.74, 6) is 1.31. The van der Waals surface area contributed by atoms with Gasteiger partial charge in [-0.05, 0) is 70.6 Å². The molecule has 1 aliphatic heterocycles. The number of hydrogen-bond donors (Lipinski definition) is 1. The van der Waals surface area contributed by atoms with Gasteiger partial charge in [0.2, 0.25) is 0 Å². The fraction of sp³-hybridized carbons (Fsp3) is 0.619. The van der Waals surface area contributed by atoms with Gasteiger partial charge in [-0.1, -0.05) is 11.6 Å². The fourth-order valence-corrected chi connectivity index (χ4v) is 4.38. The summed E-state index contributed by atoms with van der Waals surface area (Å²) in [7, 11) is 0. The van der Waals surface area contributed by atoms with E-state index in [0.29, 0.717) is 24.5 Å². The monoisotopic (exact) mass is 368 g/mol. The Hall–Kier alpha value is -1.65. The third-order valence-corrected chi connectivity index (χ3v) is 5.70. The summed E-state index contributed by atoms with van der Waals surface area (Å²) in [6, 6.07) is 3.60. The van der Waals surface area contributed by atoms with Gasteiger partial charge in [0.15, 0.2) is 0 Å². The standard InChI is InChI=1S/C21H27F3O2/c1-13-7-8-16-15(10-13)19-17(25)11-14(6-4-5-9-21(22,23)24)12-18(19)26-20(16,2)3/h10-12,15-16,25H,4-9H2,1-3H3/t15-,16-/m1/s1. The quantitative estimate of drug-likeness (QED) is 0.501. The van der Waals surface area contributed by atoms with E-state index < -0.39 is 12.6 Å². The second-order valence-electron chi connectivity index (χ2n) is 8.24. The summed E-state index contributed by atoms with van der Waals surface area (Å²) in [5.41, 5.74) is 2.64. The number of phenols is 1. The molecule has 0 radical (unpaired) electrons. The van der Waals surface area contributed by atoms with E-state index in [9.17, 15) is 18.3 Å². The van der Waals surface area contributed by atoms with Gasteiger partial charge in [-0.15, -0.1) is 0 Å². The number of rotatable bonds is 4. The van der Waals surface area contributed by atoms with Crippen LogP contribution in [-0.2, 0) is 6.42 Å². The Kier molecular flexibility index (Phi) is 5.02. The molecule has 144 valence electrons. The van der Waals surface area contributed by atoms with Crippen molar-refractivity contribution in [1.29, 1.82) is 0 Å². The number of phenolic OH excluding ortho intramolecular Hbond substituents is 1. The lowest BCUT2D eigenvalue weighted by Gasteiger charge is -2.46. The lowest BCUT2D eigenvalue weighted by atomic mass is 9.68. The molecule has 1 aromatic carbocycles. The highest BCUT2D eigenvalue weighted by Gasteiger charge is 2.45. The molecule has 1 heterocycles. The Balaban J connectivity index is 1.83. The Morgan fingerprint density at radius 3 is 2.65 bits per heavy atom. The molecule has 26 heavy (non-hydrogen) atoms. The van der Waals surface area contributed by atoms with E-state index in [2.05, 4.69) is 26.8 Å². The minimum Gasteiger partial charge on any atom is -0.507 e. The first-order valence-electron chi connectivity index (χ1n) is 9.36. The zero-order chi connectivity index (χ0) is 19.1. The van der Waals surface area contributed by atoms with Crippen molar-refractivity contribution in [2.75, 3.05) is 0 Å². The van der Waals surface area contributed by atoms with E-state index >= 15 is 0 Å². The normalized spacial score (nSPS) is 24.3. The predicted octanol–water partition coefficient (Wildman–Crippen LogP) is 6.28. The van der Waals surface area contributed by atoms with Crippen LogP contribution in [0.3, 0.4) is 0 Å². The summed E-state index contributed by atoms with van der Waals surface area (Å²) in [4.78, 5) is 0. The van der Waals surface area contributed by atoms with Crippen molar-refractivity contribution < 1.29 is 23.0 Å². The number of aromatic hydroxyl groups is 1. The molecule has 0 fully saturated rings. The van der Waals surface area contributed by atoms with Crippen molar-refractivity contribution in [3.05, 3.63) is 34.9 Å². The van der Waals surface area contributed by atoms with E-state index in [1.165, 1.54) is 5.57 Å². The number of halogens is 3. The average Bonchev–Trinajstić information content (AvgIpc) is 2.49. The minimum atomic E-state index is -4.11. The average molecular weight is 368 g/mol. The largest absolute Gasteiger partial charge is 0.507 e. The highest BCUT2D eigenvalue weighted by atomic mass is 19.4. The van der Waals surface area contributed by atoms with Gasteiger partial charge in [-0.25, -0.2) is 0 Å². The van der Waals surface area contributed by atoms with Gasteiger partial charge in [-0.2, -0.15) is 13.2 Å². The first-order chi connectivity index (χ1) is 12.1. The lowest BCUT2D eigenvalue weighted by molar-refractivity contribution is -0.135. The van der Waals surface area contributed by atoms with Gasteiger partial charge in [0.05, 0.1) is 0 Å². The summed E-state index contributed by atoms with van der Waals surface area (Å²) < 4.78 is 43.1. The number of fused-ring (bicyclic) bond motifs is 3. The summed E-state index contributed by atoms with van der Waals surface area (Å²) in [6.45, 7) is 6.27. The third-order valence-electron chi connectivity index (χ3n) is 5.70. The van der Waals surface area contributed by atoms with E-state index in [0.717, 1.165) is 24.0 Å². The molecule has 2 atom stereocenters. The van der Waals surface area contributed by atoms with E-state index in [1.807, 2.05) is 6.07 Å². The van der Waals surface area contributed by atoms with Crippen molar-refractivity contribution in [1.82, 2.24) is 0 Å². The van der Waals surface area contributed by atoms with Crippen molar-refractivity contribution >= 4 is 0 Å². The highest BCUT2D eigenvalue weighted by molar-refractivity contribution is 5.53. The molecule has 0 amide bonds. The summed E-state index contributed by atoms with van der Waals surface area (Å²) in [5, 5.41) is 10.6. The Bertz CT molecular complexity index is 704. The lowest BCUT2D eigenvalue weighted by Crippen LogP contribution is -2.45. The van der Waals surface area contributed by atoms with Crippen LogP contribution in [0.2, 0.25) is 0 Å². The molecule has 0 aromatic heterocycles. The van der Waals surface area contributed by atoms with Crippen molar-refractivity contribution in [2.24, 2.45) is 5.92 Å². The molecule has 1 N–H and O–H groups in total. The molecule has 1 aliphatic carbocycles. The minimum absolute atomic E-state index is 0.0975.